The average Bonchev–Trinajstić information content (AvgIpc) is 2.53. The lowest BCUT2D eigenvalue weighted by molar-refractivity contribution is -0.201. The number of aliphatic carboxylic acids is 2. The maximum atomic E-state index is 11.7. The number of hydrogen-bond donors (Lipinski definition) is 2. The molecule has 132 valence electrons. The van der Waals surface area contributed by atoms with E-state index in [-0.39, 0.29) is 31.6 Å². The molecule has 0 heterocycles. The van der Waals surface area contributed by atoms with Gasteiger partial charge in [-0.3, -0.25) is 0 Å². The molecule has 0 atom stereocenters. The van der Waals surface area contributed by atoms with Gasteiger partial charge in [-0.25, -0.2) is 9.59 Å². The van der Waals surface area contributed by atoms with Crippen molar-refractivity contribution in [3.8, 4) is 11.5 Å². The van der Waals surface area contributed by atoms with Crippen LogP contribution in [0.3, 0.4) is 0 Å². The van der Waals surface area contributed by atoms with Gasteiger partial charge >= 0.3 is 17.7 Å². The van der Waals surface area contributed by atoms with Crippen LogP contribution >= 0.6 is 46.4 Å². The minimum atomic E-state index is -3.18. The number of carbonyl (C=O) groups is 2. The molecule has 0 unspecified atom stereocenters. The van der Waals surface area contributed by atoms with Crippen molar-refractivity contribution in [3.05, 3.63) is 56.5 Å². The van der Waals surface area contributed by atoms with Gasteiger partial charge in [0.1, 0.15) is 11.5 Å². The first kappa shape index (κ1) is 19.5. The van der Waals surface area contributed by atoms with Crippen molar-refractivity contribution in [1.82, 2.24) is 0 Å². The van der Waals surface area contributed by atoms with Crippen LogP contribution < -0.4 is 9.47 Å². The first-order valence-electron chi connectivity index (χ1n) is 6.40. The number of benzene rings is 2. The fourth-order valence-electron chi connectivity index (χ4n) is 1.71. The van der Waals surface area contributed by atoms with Gasteiger partial charge in [-0.05, 0) is 24.3 Å². The van der Waals surface area contributed by atoms with E-state index in [1.54, 1.807) is 0 Å². The third-order valence-electron chi connectivity index (χ3n) is 2.86. The highest BCUT2D eigenvalue weighted by Gasteiger charge is 2.54. The highest BCUT2D eigenvalue weighted by molar-refractivity contribution is 6.34. The van der Waals surface area contributed by atoms with Crippen LogP contribution in [0.1, 0.15) is 0 Å². The summed E-state index contributed by atoms with van der Waals surface area (Å²) in [6.07, 6.45) is 0. The average molecular weight is 426 g/mol. The highest BCUT2D eigenvalue weighted by Crippen LogP contribution is 2.35. The number of halogens is 4. The van der Waals surface area contributed by atoms with Crippen LogP contribution in [-0.2, 0) is 9.59 Å². The summed E-state index contributed by atoms with van der Waals surface area (Å²) in [6, 6.07) is 7.73. The molecule has 0 amide bonds. The SMILES string of the molecule is O=C(O)C(Oc1cc(Cl)ccc1Cl)(Oc1cc(Cl)ccc1Cl)C(=O)O. The maximum Gasteiger partial charge on any atom is 0.453 e. The van der Waals surface area contributed by atoms with E-state index in [4.69, 9.17) is 55.9 Å². The van der Waals surface area contributed by atoms with Crippen LogP contribution in [0.4, 0.5) is 0 Å². The molecular formula is C15H8Cl4O6. The molecule has 2 rings (SSSR count). The van der Waals surface area contributed by atoms with Gasteiger partial charge < -0.3 is 19.7 Å². The van der Waals surface area contributed by atoms with Crippen LogP contribution in [0.25, 0.3) is 0 Å². The van der Waals surface area contributed by atoms with Crippen molar-refractivity contribution >= 4 is 58.3 Å². The second kappa shape index (κ2) is 7.58. The molecule has 2 aromatic rings. The van der Waals surface area contributed by atoms with E-state index in [0.717, 1.165) is 12.1 Å². The third-order valence-corrected chi connectivity index (χ3v) is 3.95. The second-order valence-electron chi connectivity index (χ2n) is 4.58. The molecule has 0 saturated heterocycles. The normalized spacial score (nSPS) is 11.0. The van der Waals surface area contributed by atoms with Gasteiger partial charge in [0.25, 0.3) is 0 Å². The lowest BCUT2D eigenvalue weighted by atomic mass is 10.2. The van der Waals surface area contributed by atoms with E-state index >= 15 is 0 Å². The molecule has 0 fully saturated rings. The Bertz CT molecular complexity index is 769. The van der Waals surface area contributed by atoms with Gasteiger partial charge in [0.2, 0.25) is 0 Å². The molecule has 0 aliphatic heterocycles. The maximum absolute atomic E-state index is 11.7. The lowest BCUT2D eigenvalue weighted by Crippen LogP contribution is -2.56. The van der Waals surface area contributed by atoms with Crippen molar-refractivity contribution in [2.75, 3.05) is 0 Å². The van der Waals surface area contributed by atoms with Crippen molar-refractivity contribution in [2.45, 2.75) is 5.79 Å². The largest absolute Gasteiger partial charge is 0.475 e. The van der Waals surface area contributed by atoms with Gasteiger partial charge in [-0.15, -0.1) is 0 Å². The van der Waals surface area contributed by atoms with Crippen LogP contribution in [0.5, 0.6) is 11.5 Å². The van der Waals surface area contributed by atoms with Crippen LogP contribution in [-0.4, -0.2) is 27.9 Å². The minimum Gasteiger partial charge on any atom is -0.475 e. The summed E-state index contributed by atoms with van der Waals surface area (Å²) in [5, 5.41) is 19.1. The van der Waals surface area contributed by atoms with Crippen LogP contribution in [0.15, 0.2) is 36.4 Å². The van der Waals surface area contributed by atoms with E-state index in [2.05, 4.69) is 0 Å². The van der Waals surface area contributed by atoms with E-state index < -0.39 is 17.7 Å². The van der Waals surface area contributed by atoms with Gasteiger partial charge in [-0.2, -0.15) is 0 Å². The molecule has 0 spiro atoms. The van der Waals surface area contributed by atoms with E-state index in [1.807, 2.05) is 0 Å². The number of carboxylic acids is 2. The Morgan fingerprint density at radius 1 is 0.760 bits per heavy atom. The van der Waals surface area contributed by atoms with Crippen molar-refractivity contribution in [1.29, 1.82) is 0 Å². The third kappa shape index (κ3) is 4.22. The molecule has 10 heteroatoms. The molecule has 0 saturated carbocycles. The van der Waals surface area contributed by atoms with Crippen LogP contribution in [0, 0.1) is 0 Å². The lowest BCUT2D eigenvalue weighted by Gasteiger charge is -2.27. The molecule has 0 aliphatic carbocycles. The van der Waals surface area contributed by atoms with Gasteiger partial charge in [0.15, 0.2) is 0 Å². The topological polar surface area (TPSA) is 93.1 Å². The van der Waals surface area contributed by atoms with Crippen LogP contribution in [0.2, 0.25) is 20.1 Å². The molecular weight excluding hydrogens is 418 g/mol. The fourth-order valence-corrected chi connectivity index (χ4v) is 2.34. The molecule has 0 aliphatic rings. The molecule has 2 aromatic carbocycles. The van der Waals surface area contributed by atoms with E-state index in [0.29, 0.717) is 0 Å². The van der Waals surface area contributed by atoms with Gasteiger partial charge in [0.05, 0.1) is 10.0 Å². The molecule has 0 radical (unpaired) electrons. The summed E-state index contributed by atoms with van der Waals surface area (Å²) < 4.78 is 10.2. The summed E-state index contributed by atoms with van der Waals surface area (Å²) in [6.45, 7) is 0. The minimum absolute atomic E-state index is 0.0722. The van der Waals surface area contributed by atoms with E-state index in [9.17, 15) is 19.8 Å². The Morgan fingerprint density at radius 3 is 1.44 bits per heavy atom. The summed E-state index contributed by atoms with van der Waals surface area (Å²) in [7, 11) is 0. The second-order valence-corrected chi connectivity index (χ2v) is 6.27. The highest BCUT2D eigenvalue weighted by atomic mass is 35.5. The molecule has 6 nitrogen and oxygen atoms in total. The Balaban J connectivity index is 2.54. The first-order valence-corrected chi connectivity index (χ1v) is 7.92. The number of ether oxygens (including phenoxy) is 2. The van der Waals surface area contributed by atoms with E-state index in [1.165, 1.54) is 24.3 Å². The number of hydrogen-bond acceptors (Lipinski definition) is 4. The standard InChI is InChI=1S/C15H8Cl4O6/c16-7-1-3-9(18)11(5-7)24-15(13(20)21,14(22)23)25-12-6-8(17)2-4-10(12)19/h1-6H,(H,20,21)(H,22,23). The van der Waals surface area contributed by atoms with Crippen molar-refractivity contribution in [3.63, 3.8) is 0 Å². The summed E-state index contributed by atoms with van der Waals surface area (Å²) in [5.74, 6) is -7.70. The Hall–Kier alpha value is -1.86. The quantitative estimate of drug-likeness (QED) is 0.517. The molecule has 25 heavy (non-hydrogen) atoms. The smallest absolute Gasteiger partial charge is 0.453 e. The predicted octanol–water partition coefficient (Wildman–Crippen LogP) is 4.62. The molecule has 0 bridgehead atoms. The molecule has 0 aromatic heterocycles. The first-order chi connectivity index (χ1) is 11.7. The predicted molar refractivity (Wildman–Crippen MR) is 92.2 cm³/mol. The zero-order valence-electron chi connectivity index (χ0n) is 12.0. The molecule has 2 N–H and O–H groups in total. The van der Waals surface area contributed by atoms with Crippen molar-refractivity contribution in [2.24, 2.45) is 0 Å². The Morgan fingerprint density at radius 2 is 1.12 bits per heavy atom. The van der Waals surface area contributed by atoms with Crippen molar-refractivity contribution < 1.29 is 29.3 Å². The summed E-state index contributed by atoms with van der Waals surface area (Å²) in [4.78, 5) is 23.4. The van der Waals surface area contributed by atoms with Gasteiger partial charge in [0, 0.05) is 22.2 Å². The zero-order valence-corrected chi connectivity index (χ0v) is 15.0. The monoisotopic (exact) mass is 424 g/mol. The van der Waals surface area contributed by atoms with Gasteiger partial charge in [-0.1, -0.05) is 46.4 Å². The summed E-state index contributed by atoms with van der Waals surface area (Å²) in [5.41, 5.74) is 0. The Kier molecular flexibility index (Phi) is 5.90. The fraction of sp³-hybridized carbons (Fsp3) is 0.0667. The summed E-state index contributed by atoms with van der Waals surface area (Å²) >= 11 is 23.4. The number of carboxylic acid groups (broad SMARTS) is 2. The Labute approximate surface area is 161 Å². The zero-order chi connectivity index (χ0) is 18.8. The number of rotatable bonds is 6.